The van der Waals surface area contributed by atoms with Crippen LogP contribution < -0.4 is 0 Å². The van der Waals surface area contributed by atoms with Crippen LogP contribution in [0.15, 0.2) is 23.8 Å². The van der Waals surface area contributed by atoms with Gasteiger partial charge in [0.25, 0.3) is 0 Å². The van der Waals surface area contributed by atoms with Gasteiger partial charge in [0.05, 0.1) is 0 Å². The van der Waals surface area contributed by atoms with Crippen LogP contribution in [0.3, 0.4) is 0 Å². The summed E-state index contributed by atoms with van der Waals surface area (Å²) < 4.78 is 0. The molecular weight excluding hydrogens is 208 g/mol. The summed E-state index contributed by atoms with van der Waals surface area (Å²) in [5, 5.41) is 18.9. The van der Waals surface area contributed by atoms with Crippen molar-refractivity contribution in [2.24, 2.45) is 0 Å². The van der Waals surface area contributed by atoms with E-state index in [4.69, 9.17) is 0 Å². The van der Waals surface area contributed by atoms with Gasteiger partial charge in [-0.2, -0.15) is 0 Å². The molecule has 0 aliphatic rings. The van der Waals surface area contributed by atoms with Crippen LogP contribution in [0.2, 0.25) is 0 Å². The summed E-state index contributed by atoms with van der Waals surface area (Å²) in [5.41, 5.74) is 1.21. The zero-order valence-corrected chi connectivity index (χ0v) is 8.80. The lowest BCUT2D eigenvalue weighted by Gasteiger charge is -2.05. The fourth-order valence-electron chi connectivity index (χ4n) is 1.24. The second-order valence-electron chi connectivity index (χ2n) is 3.44. The van der Waals surface area contributed by atoms with E-state index in [9.17, 15) is 19.8 Å². The van der Waals surface area contributed by atoms with E-state index in [1.807, 2.05) is 0 Å². The minimum Gasteiger partial charge on any atom is -0.504 e. The van der Waals surface area contributed by atoms with Crippen LogP contribution in [0.4, 0.5) is 0 Å². The first-order valence-corrected chi connectivity index (χ1v) is 4.70. The molecule has 16 heavy (non-hydrogen) atoms. The monoisotopic (exact) mass is 220 g/mol. The Morgan fingerprint density at radius 1 is 1.31 bits per heavy atom. The molecule has 2 N–H and O–H groups in total. The number of aldehydes is 2. The fourth-order valence-corrected chi connectivity index (χ4v) is 1.24. The van der Waals surface area contributed by atoms with Crippen LogP contribution in [0.5, 0.6) is 11.5 Å². The van der Waals surface area contributed by atoms with Gasteiger partial charge in [-0.1, -0.05) is 6.08 Å². The average molecular weight is 220 g/mol. The van der Waals surface area contributed by atoms with Gasteiger partial charge in [-0.05, 0) is 31.1 Å². The van der Waals surface area contributed by atoms with E-state index in [0.29, 0.717) is 23.7 Å². The maximum atomic E-state index is 10.6. The molecule has 0 aliphatic carbocycles. The maximum absolute atomic E-state index is 10.6. The van der Waals surface area contributed by atoms with Crippen molar-refractivity contribution in [2.75, 3.05) is 0 Å². The molecule has 0 atom stereocenters. The van der Waals surface area contributed by atoms with Crippen LogP contribution >= 0.6 is 0 Å². The first kappa shape index (κ1) is 12.0. The molecule has 0 radical (unpaired) electrons. The highest BCUT2D eigenvalue weighted by Gasteiger charge is 2.07. The molecule has 1 rings (SSSR count). The molecule has 84 valence electrons. The number of carbonyl (C=O) groups is 2. The number of hydrogen-bond donors (Lipinski definition) is 2. The molecule has 0 bridgehead atoms. The van der Waals surface area contributed by atoms with Crippen molar-refractivity contribution in [1.29, 1.82) is 0 Å². The first-order chi connectivity index (χ1) is 7.58. The minimum absolute atomic E-state index is 0.263. The Hall–Kier alpha value is -2.10. The molecule has 0 heterocycles. The molecule has 4 nitrogen and oxygen atoms in total. The molecule has 0 amide bonds. The highest BCUT2D eigenvalue weighted by atomic mass is 16.3. The van der Waals surface area contributed by atoms with Crippen molar-refractivity contribution < 1.29 is 19.8 Å². The Balaban J connectivity index is 3.07. The van der Waals surface area contributed by atoms with Crippen molar-refractivity contribution in [2.45, 2.75) is 13.3 Å². The normalized spacial score (nSPS) is 11.2. The highest BCUT2D eigenvalue weighted by molar-refractivity contribution is 5.77. The summed E-state index contributed by atoms with van der Waals surface area (Å²) >= 11 is 0. The van der Waals surface area contributed by atoms with Crippen molar-refractivity contribution in [3.63, 3.8) is 0 Å². The minimum atomic E-state index is -0.336. The molecule has 0 aromatic heterocycles. The zero-order chi connectivity index (χ0) is 12.1. The highest BCUT2D eigenvalue weighted by Crippen LogP contribution is 2.30. The fraction of sp³-hybridized carbons (Fsp3) is 0.167. The van der Waals surface area contributed by atoms with Gasteiger partial charge in [-0.15, -0.1) is 0 Å². The van der Waals surface area contributed by atoms with Gasteiger partial charge in [-0.3, -0.25) is 9.59 Å². The molecule has 0 spiro atoms. The number of hydrogen-bond acceptors (Lipinski definition) is 4. The molecule has 0 saturated heterocycles. The Labute approximate surface area is 92.8 Å². The topological polar surface area (TPSA) is 74.6 Å². The van der Waals surface area contributed by atoms with E-state index >= 15 is 0 Å². The van der Waals surface area contributed by atoms with E-state index < -0.39 is 0 Å². The lowest BCUT2D eigenvalue weighted by molar-refractivity contribution is -0.104. The largest absolute Gasteiger partial charge is 0.504 e. The van der Waals surface area contributed by atoms with Crippen molar-refractivity contribution >= 4 is 12.6 Å². The molecule has 0 saturated carbocycles. The molecule has 0 unspecified atom stereocenters. The number of phenolic OH excluding ortho intramolecular Hbond substituents is 2. The third-order valence-corrected chi connectivity index (χ3v) is 2.16. The molecule has 0 aliphatic heterocycles. The van der Waals surface area contributed by atoms with Gasteiger partial charge < -0.3 is 10.2 Å². The van der Waals surface area contributed by atoms with Crippen LogP contribution in [0.1, 0.15) is 22.8 Å². The van der Waals surface area contributed by atoms with Gasteiger partial charge >= 0.3 is 0 Å². The number of benzene rings is 1. The quantitative estimate of drug-likeness (QED) is 0.459. The third kappa shape index (κ3) is 2.70. The maximum Gasteiger partial charge on any atom is 0.161 e. The number of carbonyl (C=O) groups excluding carboxylic acids is 2. The Morgan fingerprint density at radius 3 is 2.56 bits per heavy atom. The van der Waals surface area contributed by atoms with E-state index in [-0.39, 0.29) is 23.5 Å². The van der Waals surface area contributed by atoms with E-state index in [1.165, 1.54) is 12.1 Å². The van der Waals surface area contributed by atoms with Crippen LogP contribution in [-0.4, -0.2) is 22.8 Å². The lowest BCUT2D eigenvalue weighted by Crippen LogP contribution is -1.89. The standard InChI is InChI=1S/C12H12O4/c1-8(6-13)2-3-10-4-9(7-14)5-11(15)12(10)16/h2,4-7,15-16H,3H2,1H3/b8-2+. The number of rotatable bonds is 4. The van der Waals surface area contributed by atoms with E-state index in [0.717, 1.165) is 0 Å². The predicted octanol–water partition coefficient (Wildman–Crippen LogP) is 1.60. The van der Waals surface area contributed by atoms with Gasteiger partial charge in [-0.25, -0.2) is 0 Å². The average Bonchev–Trinajstić information content (AvgIpc) is 2.30. The molecule has 1 aromatic rings. The Kier molecular flexibility index (Phi) is 3.83. The molecule has 0 fully saturated rings. The third-order valence-electron chi connectivity index (χ3n) is 2.16. The lowest BCUT2D eigenvalue weighted by atomic mass is 10.1. The Bertz CT molecular complexity index is 447. The van der Waals surface area contributed by atoms with Crippen LogP contribution in [-0.2, 0) is 11.2 Å². The second kappa shape index (κ2) is 5.11. The predicted molar refractivity (Wildman–Crippen MR) is 58.7 cm³/mol. The summed E-state index contributed by atoms with van der Waals surface area (Å²) in [4.78, 5) is 20.9. The summed E-state index contributed by atoms with van der Waals surface area (Å²) in [5.74, 6) is -0.600. The number of allylic oxidation sites excluding steroid dienone is 2. The van der Waals surface area contributed by atoms with Gasteiger partial charge in [0.1, 0.15) is 12.6 Å². The summed E-state index contributed by atoms with van der Waals surface area (Å²) in [6, 6.07) is 2.65. The van der Waals surface area contributed by atoms with Gasteiger partial charge in [0.15, 0.2) is 11.5 Å². The summed E-state index contributed by atoms with van der Waals surface area (Å²) in [6.07, 6.45) is 3.17. The van der Waals surface area contributed by atoms with E-state index in [2.05, 4.69) is 0 Å². The summed E-state index contributed by atoms with van der Waals surface area (Å²) in [6.45, 7) is 1.63. The molecule has 1 aromatic carbocycles. The first-order valence-electron chi connectivity index (χ1n) is 4.70. The van der Waals surface area contributed by atoms with Gasteiger partial charge in [0.2, 0.25) is 0 Å². The van der Waals surface area contributed by atoms with Crippen LogP contribution in [0, 0.1) is 0 Å². The summed E-state index contributed by atoms with van der Waals surface area (Å²) in [7, 11) is 0. The van der Waals surface area contributed by atoms with Gasteiger partial charge in [0, 0.05) is 11.1 Å². The van der Waals surface area contributed by atoms with Crippen LogP contribution in [0.25, 0.3) is 0 Å². The van der Waals surface area contributed by atoms with E-state index in [1.54, 1.807) is 13.0 Å². The molecular formula is C12H12O4. The van der Waals surface area contributed by atoms with Crippen molar-refractivity contribution in [3.8, 4) is 11.5 Å². The van der Waals surface area contributed by atoms with Crippen molar-refractivity contribution in [1.82, 2.24) is 0 Å². The zero-order valence-electron chi connectivity index (χ0n) is 8.80. The number of aromatic hydroxyl groups is 2. The molecule has 4 heteroatoms. The van der Waals surface area contributed by atoms with Crippen molar-refractivity contribution in [3.05, 3.63) is 34.9 Å². The second-order valence-corrected chi connectivity index (χ2v) is 3.44. The smallest absolute Gasteiger partial charge is 0.161 e. The number of phenols is 2. The SMILES string of the molecule is C/C(C=O)=C\Cc1cc(C=O)cc(O)c1O. The Morgan fingerprint density at radius 2 is 2.00 bits per heavy atom.